The Morgan fingerprint density at radius 3 is 2.80 bits per heavy atom. The second-order valence-corrected chi connectivity index (χ2v) is 7.10. The van der Waals surface area contributed by atoms with Crippen LogP contribution in [0.25, 0.3) is 0 Å². The van der Waals surface area contributed by atoms with Crippen LogP contribution in [0.2, 0.25) is 5.02 Å². The molecule has 0 amide bonds. The molecule has 1 aromatic heterocycles. The summed E-state index contributed by atoms with van der Waals surface area (Å²) >= 11 is 7.76. The maximum absolute atomic E-state index is 9.51. The second kappa shape index (κ2) is 8.88. The fourth-order valence-electron chi connectivity index (χ4n) is 2.16. The van der Waals surface area contributed by atoms with Crippen LogP contribution in [0.3, 0.4) is 0 Å². The van der Waals surface area contributed by atoms with Crippen molar-refractivity contribution in [2.75, 3.05) is 12.4 Å². The smallest absolute Gasteiger partial charge is 0.115 e. The summed E-state index contributed by atoms with van der Waals surface area (Å²) < 4.78 is 0. The zero-order valence-electron chi connectivity index (χ0n) is 12.5. The molecule has 3 nitrogen and oxygen atoms in total. The second-order valence-electron chi connectivity index (χ2n) is 5.61. The lowest BCUT2D eigenvalue weighted by molar-refractivity contribution is 0.154. The van der Waals surface area contributed by atoms with E-state index < -0.39 is 0 Å². The van der Waals surface area contributed by atoms with Gasteiger partial charge in [0, 0.05) is 17.8 Å². The lowest BCUT2D eigenvalue weighted by atomic mass is 9.95. The highest BCUT2D eigenvalue weighted by Gasteiger charge is 2.22. The molecular formula is C15H25ClN2OS. The molecule has 0 saturated heterocycles. The molecule has 5 heteroatoms. The fraction of sp³-hybridized carbons (Fsp3) is 0.667. The molecule has 0 aliphatic rings. The van der Waals surface area contributed by atoms with Crippen LogP contribution in [-0.4, -0.2) is 34.0 Å². The first-order valence-electron chi connectivity index (χ1n) is 7.09. The van der Waals surface area contributed by atoms with Gasteiger partial charge in [0.15, 0.2) is 0 Å². The average molecular weight is 317 g/mol. The molecule has 1 rings (SSSR count). The van der Waals surface area contributed by atoms with Gasteiger partial charge in [-0.05, 0) is 37.7 Å². The highest BCUT2D eigenvalue weighted by molar-refractivity contribution is 7.99. The van der Waals surface area contributed by atoms with Crippen LogP contribution in [0, 0.1) is 0 Å². The van der Waals surface area contributed by atoms with Gasteiger partial charge in [-0.3, -0.25) is 0 Å². The topological polar surface area (TPSA) is 45.1 Å². The molecule has 0 fully saturated rings. The molecule has 0 aliphatic carbocycles. The van der Waals surface area contributed by atoms with Crippen LogP contribution in [0.15, 0.2) is 23.4 Å². The Kier molecular flexibility index (Phi) is 7.88. The molecule has 20 heavy (non-hydrogen) atoms. The Balaban J connectivity index is 2.26. The monoisotopic (exact) mass is 316 g/mol. The van der Waals surface area contributed by atoms with Gasteiger partial charge in [-0.1, -0.05) is 31.9 Å². The number of nitrogens with zero attached hydrogens (tertiary/aromatic N) is 1. The zero-order chi connectivity index (χ0) is 15.0. The SMILES string of the molecule is CC(C)NC(C)(CO)CCCCSc1ncccc1Cl. The van der Waals surface area contributed by atoms with Gasteiger partial charge in [-0.2, -0.15) is 0 Å². The first kappa shape index (κ1) is 17.8. The molecule has 1 unspecified atom stereocenters. The normalized spacial score (nSPS) is 14.5. The maximum Gasteiger partial charge on any atom is 0.115 e. The highest BCUT2D eigenvalue weighted by Crippen LogP contribution is 2.25. The van der Waals surface area contributed by atoms with Crippen molar-refractivity contribution in [3.8, 4) is 0 Å². The number of hydrogen-bond donors (Lipinski definition) is 2. The Labute approximate surface area is 131 Å². The van der Waals surface area contributed by atoms with Gasteiger partial charge >= 0.3 is 0 Å². The summed E-state index contributed by atoms with van der Waals surface area (Å²) in [7, 11) is 0. The van der Waals surface area contributed by atoms with E-state index in [1.54, 1.807) is 18.0 Å². The molecule has 1 atom stereocenters. The van der Waals surface area contributed by atoms with Gasteiger partial charge in [0.1, 0.15) is 5.03 Å². The minimum atomic E-state index is -0.179. The van der Waals surface area contributed by atoms with Crippen LogP contribution < -0.4 is 5.32 Å². The molecule has 0 bridgehead atoms. The number of hydrogen-bond acceptors (Lipinski definition) is 4. The van der Waals surface area contributed by atoms with E-state index in [4.69, 9.17) is 11.6 Å². The van der Waals surface area contributed by atoms with Crippen molar-refractivity contribution in [1.29, 1.82) is 0 Å². The average Bonchev–Trinajstić information content (AvgIpc) is 2.39. The van der Waals surface area contributed by atoms with Crippen molar-refractivity contribution in [3.63, 3.8) is 0 Å². The van der Waals surface area contributed by atoms with Crippen molar-refractivity contribution < 1.29 is 5.11 Å². The Morgan fingerprint density at radius 2 is 2.20 bits per heavy atom. The van der Waals surface area contributed by atoms with Gasteiger partial charge in [0.05, 0.1) is 11.6 Å². The number of unbranched alkanes of at least 4 members (excludes halogenated alkanes) is 1. The Morgan fingerprint density at radius 1 is 1.45 bits per heavy atom. The summed E-state index contributed by atoms with van der Waals surface area (Å²) in [5.74, 6) is 1.000. The summed E-state index contributed by atoms with van der Waals surface area (Å²) in [6, 6.07) is 4.09. The third-order valence-electron chi connectivity index (χ3n) is 3.07. The quantitative estimate of drug-likeness (QED) is 0.538. The van der Waals surface area contributed by atoms with E-state index >= 15 is 0 Å². The molecule has 0 saturated carbocycles. The van der Waals surface area contributed by atoms with E-state index in [2.05, 4.69) is 31.1 Å². The van der Waals surface area contributed by atoms with E-state index in [0.29, 0.717) is 6.04 Å². The molecule has 1 aromatic rings. The number of aliphatic hydroxyl groups excluding tert-OH is 1. The van der Waals surface area contributed by atoms with E-state index in [1.165, 1.54) is 0 Å². The summed E-state index contributed by atoms with van der Waals surface area (Å²) in [4.78, 5) is 4.26. The number of nitrogens with one attached hydrogen (secondary N) is 1. The number of aliphatic hydroxyl groups is 1. The predicted molar refractivity (Wildman–Crippen MR) is 87.6 cm³/mol. The van der Waals surface area contributed by atoms with E-state index in [1.807, 2.05) is 12.1 Å². The van der Waals surface area contributed by atoms with Crippen molar-refractivity contribution in [3.05, 3.63) is 23.4 Å². The summed E-state index contributed by atoms with van der Waals surface area (Å²) in [5, 5.41) is 14.6. The van der Waals surface area contributed by atoms with Crippen LogP contribution in [-0.2, 0) is 0 Å². The van der Waals surface area contributed by atoms with Gasteiger partial charge < -0.3 is 10.4 Å². The van der Waals surface area contributed by atoms with Crippen LogP contribution in [0.1, 0.15) is 40.0 Å². The lowest BCUT2D eigenvalue weighted by Gasteiger charge is -2.31. The minimum Gasteiger partial charge on any atom is -0.394 e. The summed E-state index contributed by atoms with van der Waals surface area (Å²) in [6.07, 6.45) is 4.91. The lowest BCUT2D eigenvalue weighted by Crippen LogP contribution is -2.49. The van der Waals surface area contributed by atoms with Crippen molar-refractivity contribution in [1.82, 2.24) is 10.3 Å². The molecule has 1 heterocycles. The molecule has 0 spiro atoms. The molecule has 0 radical (unpaired) electrons. The maximum atomic E-state index is 9.51. The number of halogens is 1. The van der Waals surface area contributed by atoms with Gasteiger partial charge in [-0.25, -0.2) is 4.98 Å². The first-order valence-corrected chi connectivity index (χ1v) is 8.45. The van der Waals surface area contributed by atoms with E-state index in [9.17, 15) is 5.11 Å². The third-order valence-corrected chi connectivity index (χ3v) is 4.58. The molecule has 0 aliphatic heterocycles. The van der Waals surface area contributed by atoms with E-state index in [0.717, 1.165) is 35.1 Å². The number of rotatable bonds is 9. The molecule has 2 N–H and O–H groups in total. The highest BCUT2D eigenvalue weighted by atomic mass is 35.5. The third kappa shape index (κ3) is 6.44. The van der Waals surface area contributed by atoms with Crippen molar-refractivity contribution in [2.24, 2.45) is 0 Å². The Bertz CT molecular complexity index is 403. The van der Waals surface area contributed by atoms with Crippen LogP contribution in [0.4, 0.5) is 0 Å². The summed E-state index contributed by atoms with van der Waals surface area (Å²) in [6.45, 7) is 6.46. The van der Waals surface area contributed by atoms with Gasteiger partial charge in [0.25, 0.3) is 0 Å². The minimum absolute atomic E-state index is 0.171. The molecule has 114 valence electrons. The van der Waals surface area contributed by atoms with Gasteiger partial charge in [0.2, 0.25) is 0 Å². The van der Waals surface area contributed by atoms with Crippen molar-refractivity contribution >= 4 is 23.4 Å². The molecule has 0 aromatic carbocycles. The van der Waals surface area contributed by atoms with Crippen LogP contribution >= 0.6 is 23.4 Å². The van der Waals surface area contributed by atoms with Crippen LogP contribution in [0.5, 0.6) is 0 Å². The number of pyridine rings is 1. The zero-order valence-corrected chi connectivity index (χ0v) is 14.1. The van der Waals surface area contributed by atoms with Gasteiger partial charge in [-0.15, -0.1) is 11.8 Å². The number of aromatic nitrogens is 1. The van der Waals surface area contributed by atoms with Crippen molar-refractivity contribution in [2.45, 2.75) is 56.6 Å². The summed E-state index contributed by atoms with van der Waals surface area (Å²) in [5.41, 5.74) is -0.179. The molecular weight excluding hydrogens is 292 g/mol. The Hall–Kier alpha value is -0.290. The first-order chi connectivity index (χ1) is 9.47. The fourth-order valence-corrected chi connectivity index (χ4v) is 3.33. The van der Waals surface area contributed by atoms with E-state index in [-0.39, 0.29) is 12.1 Å². The standard InChI is InChI=1S/C15H25ClN2OS/c1-12(2)18-15(3,11-19)8-4-5-10-20-14-13(16)7-6-9-17-14/h6-7,9,12,18-19H,4-5,8,10-11H2,1-3H3. The largest absolute Gasteiger partial charge is 0.394 e. The number of thioether (sulfide) groups is 1. The predicted octanol–water partition coefficient (Wildman–Crippen LogP) is 3.75.